The minimum absolute atomic E-state index is 0.0107. The first-order valence-corrected chi connectivity index (χ1v) is 12.1. The number of carbonyl (C=O) groups excluding carboxylic acids is 3. The normalized spacial score (nSPS) is 15.2. The number of halogens is 1. The molecule has 0 aliphatic carbocycles. The maximum absolute atomic E-state index is 14.9. The fraction of sp³-hybridized carbons (Fsp3) is 0.407. The standard InChI is InChI=1S/C27H30FN5O6/c1-26(2,3)38-24(35)33(25(36)39-27(4,5)6)23-32-20(11-12-37-23)18-13-17(8-9-19(18)28)31-22(34)21-10-7-16(14-29)15-30-21/h7-10,13,15,20H,11-12H2,1-6H3,(H,31,34). The lowest BCUT2D eigenvalue weighted by Gasteiger charge is -2.31. The molecule has 0 radical (unpaired) electrons. The van der Waals surface area contributed by atoms with Crippen molar-refractivity contribution in [3.8, 4) is 6.07 Å². The number of amides is 3. The molecule has 0 bridgehead atoms. The Hall–Kier alpha value is -4.53. The number of nitrogens with one attached hydrogen (secondary N) is 1. The highest BCUT2D eigenvalue weighted by atomic mass is 19.1. The zero-order valence-corrected chi connectivity index (χ0v) is 22.6. The van der Waals surface area contributed by atoms with Crippen LogP contribution in [0.2, 0.25) is 0 Å². The van der Waals surface area contributed by atoms with Crippen molar-refractivity contribution in [2.45, 2.75) is 65.2 Å². The van der Waals surface area contributed by atoms with Crippen LogP contribution < -0.4 is 5.32 Å². The van der Waals surface area contributed by atoms with Gasteiger partial charge in [-0.3, -0.25) is 4.79 Å². The van der Waals surface area contributed by atoms with Gasteiger partial charge in [0.2, 0.25) is 0 Å². The molecular weight excluding hydrogens is 509 g/mol. The molecule has 3 amide bonds. The van der Waals surface area contributed by atoms with E-state index in [2.05, 4.69) is 15.3 Å². The summed E-state index contributed by atoms with van der Waals surface area (Å²) in [6.45, 7) is 9.80. The third-order valence-corrected chi connectivity index (χ3v) is 4.97. The number of aliphatic imine (C=N–C) groups is 1. The average molecular weight is 540 g/mol. The van der Waals surface area contributed by atoms with Crippen molar-refractivity contribution in [1.29, 1.82) is 5.26 Å². The first-order valence-electron chi connectivity index (χ1n) is 12.1. The van der Waals surface area contributed by atoms with Gasteiger partial charge in [0.15, 0.2) is 0 Å². The number of carbonyl (C=O) groups is 3. The Labute approximate surface area is 225 Å². The molecule has 12 heteroatoms. The van der Waals surface area contributed by atoms with Gasteiger partial charge in [-0.2, -0.15) is 5.26 Å². The number of benzene rings is 1. The number of aromatic nitrogens is 1. The van der Waals surface area contributed by atoms with Crippen LogP contribution in [0.25, 0.3) is 0 Å². The van der Waals surface area contributed by atoms with Gasteiger partial charge in [-0.1, -0.05) is 0 Å². The second-order valence-electron chi connectivity index (χ2n) is 10.6. The van der Waals surface area contributed by atoms with Crippen molar-refractivity contribution in [3.63, 3.8) is 0 Å². The van der Waals surface area contributed by atoms with Crippen LogP contribution in [0.3, 0.4) is 0 Å². The van der Waals surface area contributed by atoms with Crippen LogP contribution in [0, 0.1) is 17.1 Å². The highest BCUT2D eigenvalue weighted by Crippen LogP contribution is 2.30. The summed E-state index contributed by atoms with van der Waals surface area (Å²) in [5, 5.41) is 11.5. The molecule has 206 valence electrons. The molecule has 0 spiro atoms. The average Bonchev–Trinajstić information content (AvgIpc) is 2.83. The fourth-order valence-electron chi connectivity index (χ4n) is 3.36. The Morgan fingerprint density at radius 1 is 1.08 bits per heavy atom. The SMILES string of the molecule is CC(C)(C)OC(=O)N(C(=O)OC(C)(C)C)C1=NC(c2cc(NC(=O)c3ccc(C#N)cn3)ccc2F)CCO1. The van der Waals surface area contributed by atoms with Crippen LogP contribution in [0.15, 0.2) is 41.5 Å². The van der Waals surface area contributed by atoms with Crippen LogP contribution in [0.1, 0.15) is 75.6 Å². The van der Waals surface area contributed by atoms with E-state index in [0.717, 1.165) is 0 Å². The zero-order chi connectivity index (χ0) is 29.0. The van der Waals surface area contributed by atoms with E-state index in [1.54, 1.807) is 41.5 Å². The van der Waals surface area contributed by atoms with E-state index >= 15 is 0 Å². The monoisotopic (exact) mass is 539 g/mol. The van der Waals surface area contributed by atoms with Crippen molar-refractivity contribution >= 4 is 29.8 Å². The van der Waals surface area contributed by atoms with E-state index in [4.69, 9.17) is 19.5 Å². The minimum atomic E-state index is -1.06. The molecule has 1 atom stereocenters. The molecule has 1 aromatic heterocycles. The van der Waals surface area contributed by atoms with Gasteiger partial charge in [0.05, 0.1) is 18.2 Å². The van der Waals surface area contributed by atoms with Crippen LogP contribution in [-0.4, -0.2) is 51.8 Å². The Balaban J connectivity index is 1.91. The van der Waals surface area contributed by atoms with Gasteiger partial charge < -0.3 is 19.5 Å². The maximum Gasteiger partial charge on any atom is 0.428 e. The summed E-state index contributed by atoms with van der Waals surface area (Å²) < 4.78 is 31.2. The lowest BCUT2D eigenvalue weighted by atomic mass is 10.0. The van der Waals surface area contributed by atoms with Crippen molar-refractivity contribution in [2.75, 3.05) is 11.9 Å². The van der Waals surface area contributed by atoms with E-state index in [1.165, 1.54) is 36.5 Å². The van der Waals surface area contributed by atoms with Gasteiger partial charge in [-0.25, -0.2) is 24.0 Å². The topological polar surface area (TPSA) is 143 Å². The summed E-state index contributed by atoms with van der Waals surface area (Å²) in [6, 6.07) is 7.46. The summed E-state index contributed by atoms with van der Waals surface area (Å²) in [6.07, 6.45) is -0.629. The molecular formula is C27H30FN5O6. The Kier molecular flexibility index (Phi) is 8.54. The molecule has 3 rings (SSSR count). The molecule has 39 heavy (non-hydrogen) atoms. The predicted molar refractivity (Wildman–Crippen MR) is 138 cm³/mol. The molecule has 2 aromatic rings. The van der Waals surface area contributed by atoms with Gasteiger partial charge in [0.25, 0.3) is 5.91 Å². The minimum Gasteiger partial charge on any atom is -0.464 e. The quantitative estimate of drug-likeness (QED) is 0.551. The van der Waals surface area contributed by atoms with Crippen LogP contribution in [-0.2, 0) is 14.2 Å². The summed E-state index contributed by atoms with van der Waals surface area (Å²) in [7, 11) is 0. The van der Waals surface area contributed by atoms with Gasteiger partial charge >= 0.3 is 18.2 Å². The number of rotatable bonds is 3. The summed E-state index contributed by atoms with van der Waals surface area (Å²) in [5.41, 5.74) is -1.13. The number of anilines is 1. The molecule has 11 nitrogen and oxygen atoms in total. The van der Waals surface area contributed by atoms with Gasteiger partial charge in [-0.05, 0) is 71.9 Å². The number of hydrogen-bond donors (Lipinski definition) is 1. The van der Waals surface area contributed by atoms with Crippen LogP contribution in [0.4, 0.5) is 19.7 Å². The van der Waals surface area contributed by atoms with Crippen molar-refractivity contribution in [2.24, 2.45) is 4.99 Å². The lowest BCUT2D eigenvalue weighted by molar-refractivity contribution is 0.00906. The number of imide groups is 1. The number of nitrogens with zero attached hydrogens (tertiary/aromatic N) is 4. The molecule has 1 aliphatic heterocycles. The highest BCUT2D eigenvalue weighted by molar-refractivity contribution is 6.06. The molecule has 1 aromatic carbocycles. The second-order valence-corrected chi connectivity index (χ2v) is 10.6. The number of pyridine rings is 1. The predicted octanol–water partition coefficient (Wildman–Crippen LogP) is 5.33. The lowest BCUT2D eigenvalue weighted by Crippen LogP contribution is -2.48. The Bertz CT molecular complexity index is 1290. The molecule has 0 fully saturated rings. The largest absolute Gasteiger partial charge is 0.464 e. The van der Waals surface area contributed by atoms with Crippen LogP contribution in [0.5, 0.6) is 0 Å². The summed E-state index contributed by atoms with van der Waals surface area (Å²) in [4.78, 5) is 47.3. The van der Waals surface area contributed by atoms with E-state index in [1.807, 2.05) is 6.07 Å². The van der Waals surface area contributed by atoms with E-state index < -0.39 is 47.2 Å². The molecule has 0 saturated heterocycles. The second kappa shape index (κ2) is 11.5. The smallest absolute Gasteiger partial charge is 0.428 e. The van der Waals surface area contributed by atoms with E-state index in [0.29, 0.717) is 10.5 Å². The number of hydrogen-bond acceptors (Lipinski definition) is 9. The molecule has 1 unspecified atom stereocenters. The number of ether oxygens (including phenoxy) is 3. The third-order valence-electron chi connectivity index (χ3n) is 4.97. The van der Waals surface area contributed by atoms with E-state index in [-0.39, 0.29) is 30.0 Å². The molecule has 1 aliphatic rings. The highest BCUT2D eigenvalue weighted by Gasteiger charge is 2.38. The van der Waals surface area contributed by atoms with Crippen LogP contribution >= 0.6 is 0 Å². The molecule has 1 N–H and O–H groups in total. The van der Waals surface area contributed by atoms with Crippen molar-refractivity contribution in [1.82, 2.24) is 9.88 Å². The van der Waals surface area contributed by atoms with Crippen molar-refractivity contribution < 1.29 is 33.0 Å². The first-order chi connectivity index (χ1) is 18.2. The third kappa shape index (κ3) is 7.98. The van der Waals surface area contributed by atoms with E-state index in [9.17, 15) is 18.8 Å². The fourth-order valence-corrected chi connectivity index (χ4v) is 3.36. The van der Waals surface area contributed by atoms with Gasteiger partial charge in [-0.15, -0.1) is 4.90 Å². The number of nitriles is 1. The maximum atomic E-state index is 14.9. The summed E-state index contributed by atoms with van der Waals surface area (Å²) in [5.74, 6) is -1.17. The Morgan fingerprint density at radius 3 is 2.26 bits per heavy atom. The first kappa shape index (κ1) is 29.0. The Morgan fingerprint density at radius 2 is 1.72 bits per heavy atom. The zero-order valence-electron chi connectivity index (χ0n) is 22.6. The number of amidine groups is 1. The van der Waals surface area contributed by atoms with Gasteiger partial charge in [0, 0.05) is 23.9 Å². The van der Waals surface area contributed by atoms with Crippen molar-refractivity contribution in [3.05, 3.63) is 59.2 Å². The molecule has 2 heterocycles. The van der Waals surface area contributed by atoms with Gasteiger partial charge in [0.1, 0.15) is 28.8 Å². The molecule has 0 saturated carbocycles. The summed E-state index contributed by atoms with van der Waals surface area (Å²) >= 11 is 0.